The summed E-state index contributed by atoms with van der Waals surface area (Å²) < 4.78 is 5.75. The summed E-state index contributed by atoms with van der Waals surface area (Å²) in [5, 5.41) is 5.90. The average Bonchev–Trinajstić information content (AvgIpc) is 3.21. The molecule has 0 aliphatic carbocycles. The molecule has 0 spiro atoms. The van der Waals surface area contributed by atoms with Gasteiger partial charge in [-0.25, -0.2) is 4.79 Å². The Hall–Kier alpha value is -4.13. The van der Waals surface area contributed by atoms with Crippen LogP contribution in [0.1, 0.15) is 59.0 Å². The summed E-state index contributed by atoms with van der Waals surface area (Å²) in [7, 11) is 0. The van der Waals surface area contributed by atoms with E-state index < -0.39 is 18.2 Å². The smallest absolute Gasteiger partial charge is 0.411 e. The summed E-state index contributed by atoms with van der Waals surface area (Å²) in [4.78, 5) is 40.4. The fraction of sp³-hybridized carbons (Fsp3) is 0.300. The Labute approximate surface area is 217 Å². The Bertz CT molecular complexity index is 1270. The first kappa shape index (κ1) is 25.9. The van der Waals surface area contributed by atoms with Crippen molar-refractivity contribution in [3.05, 3.63) is 101 Å². The Morgan fingerprint density at radius 3 is 2.32 bits per heavy atom. The Morgan fingerprint density at radius 2 is 1.68 bits per heavy atom. The van der Waals surface area contributed by atoms with E-state index in [0.717, 1.165) is 23.1 Å². The van der Waals surface area contributed by atoms with Crippen molar-refractivity contribution in [2.75, 3.05) is 5.32 Å². The fourth-order valence-corrected chi connectivity index (χ4v) is 4.28. The quantitative estimate of drug-likeness (QED) is 0.426. The number of cyclic esters (lactones) is 1. The second-order valence-corrected chi connectivity index (χ2v) is 9.63. The minimum atomic E-state index is -0.824. The van der Waals surface area contributed by atoms with Crippen LogP contribution in [0.25, 0.3) is 0 Å². The van der Waals surface area contributed by atoms with Gasteiger partial charge in [0, 0.05) is 17.3 Å². The normalized spacial score (nSPS) is 17.7. The molecular weight excluding hydrogens is 466 g/mol. The van der Waals surface area contributed by atoms with E-state index in [0.29, 0.717) is 16.8 Å². The van der Waals surface area contributed by atoms with Crippen molar-refractivity contribution < 1.29 is 19.1 Å². The number of hydrogen-bond acceptors (Lipinski definition) is 4. The van der Waals surface area contributed by atoms with Gasteiger partial charge in [-0.05, 0) is 62.6 Å². The summed E-state index contributed by atoms with van der Waals surface area (Å²) in [5.74, 6) is -0.465. The van der Waals surface area contributed by atoms with Gasteiger partial charge in [-0.15, -0.1) is 0 Å². The molecule has 3 aromatic carbocycles. The molecule has 7 heteroatoms. The lowest BCUT2D eigenvalue weighted by Gasteiger charge is -2.25. The van der Waals surface area contributed by atoms with Gasteiger partial charge < -0.3 is 15.4 Å². The molecule has 7 nitrogen and oxygen atoms in total. The summed E-state index contributed by atoms with van der Waals surface area (Å²) in [6.07, 6.45) is -0.541. The summed E-state index contributed by atoms with van der Waals surface area (Å²) >= 11 is 0. The van der Waals surface area contributed by atoms with Crippen molar-refractivity contribution in [2.45, 2.75) is 58.8 Å². The molecule has 1 saturated heterocycles. The molecule has 2 N–H and O–H groups in total. The Kier molecular flexibility index (Phi) is 7.92. The summed E-state index contributed by atoms with van der Waals surface area (Å²) in [6, 6.07) is 21.4. The van der Waals surface area contributed by atoms with E-state index in [9.17, 15) is 14.4 Å². The lowest BCUT2D eigenvalue weighted by Crippen LogP contribution is -2.48. The van der Waals surface area contributed by atoms with Gasteiger partial charge in [-0.2, -0.15) is 0 Å². The highest BCUT2D eigenvalue weighted by molar-refractivity contribution is 6.04. The zero-order valence-electron chi connectivity index (χ0n) is 21.7. The zero-order chi connectivity index (χ0) is 26.5. The predicted molar refractivity (Wildman–Crippen MR) is 143 cm³/mol. The number of anilines is 1. The molecule has 0 bridgehead atoms. The molecule has 0 saturated carbocycles. The molecule has 4 rings (SSSR count). The highest BCUT2D eigenvalue weighted by Gasteiger charge is 2.47. The molecule has 37 heavy (non-hydrogen) atoms. The van der Waals surface area contributed by atoms with Gasteiger partial charge in [0.05, 0.1) is 6.54 Å². The first-order chi connectivity index (χ1) is 17.7. The van der Waals surface area contributed by atoms with Gasteiger partial charge in [-0.1, -0.05) is 66.6 Å². The maximum Gasteiger partial charge on any atom is 0.411 e. The highest BCUT2D eigenvalue weighted by atomic mass is 16.6. The minimum absolute atomic E-state index is 0.0377. The number of hydrogen-bond donors (Lipinski definition) is 2. The molecule has 0 unspecified atom stereocenters. The van der Waals surface area contributed by atoms with Crippen LogP contribution in [0.3, 0.4) is 0 Å². The molecule has 1 aliphatic rings. The van der Waals surface area contributed by atoms with E-state index in [1.807, 2.05) is 70.2 Å². The van der Waals surface area contributed by atoms with Crippen molar-refractivity contribution in [3.63, 3.8) is 0 Å². The van der Waals surface area contributed by atoms with Crippen LogP contribution in [0.5, 0.6) is 0 Å². The van der Waals surface area contributed by atoms with Crippen LogP contribution < -0.4 is 10.6 Å². The standard InChI is InChI=1S/C30H33N3O4/c1-5-21(4)31-29(35)26-27(37-30(36)33(26)18-22-11-9-19(2)10-12-22)23-13-15-25(16-14-23)32-28(34)24-8-6-7-20(3)17-24/h6-17,21,26-27H,5,18H2,1-4H3,(H,31,35)(H,32,34)/t21-,26-,27-/m0/s1. The number of nitrogens with one attached hydrogen (secondary N) is 2. The number of amides is 3. The molecule has 1 heterocycles. The molecule has 0 aromatic heterocycles. The third-order valence-corrected chi connectivity index (χ3v) is 6.61. The van der Waals surface area contributed by atoms with Crippen molar-refractivity contribution >= 4 is 23.6 Å². The van der Waals surface area contributed by atoms with Crippen LogP contribution >= 0.6 is 0 Å². The van der Waals surface area contributed by atoms with E-state index in [4.69, 9.17) is 4.74 Å². The van der Waals surface area contributed by atoms with Gasteiger partial charge in [0.1, 0.15) is 0 Å². The topological polar surface area (TPSA) is 87.7 Å². The molecular formula is C30H33N3O4. The van der Waals surface area contributed by atoms with Gasteiger partial charge in [0.15, 0.2) is 12.1 Å². The van der Waals surface area contributed by atoms with Gasteiger partial charge in [-0.3, -0.25) is 14.5 Å². The molecule has 3 atom stereocenters. The number of ether oxygens (including phenoxy) is 1. The lowest BCUT2D eigenvalue weighted by atomic mass is 9.99. The van der Waals surface area contributed by atoms with E-state index in [1.54, 1.807) is 30.3 Å². The SMILES string of the molecule is CC[C@H](C)NC(=O)[C@@H]1[C@H](c2ccc(NC(=O)c3cccc(C)c3)cc2)OC(=O)N1Cc1ccc(C)cc1. The number of aryl methyl sites for hydroxylation is 2. The van der Waals surface area contributed by atoms with Crippen molar-refractivity contribution in [1.29, 1.82) is 0 Å². The molecule has 3 amide bonds. The first-order valence-electron chi connectivity index (χ1n) is 12.6. The van der Waals surface area contributed by atoms with Crippen LogP contribution in [-0.4, -0.2) is 34.9 Å². The number of carbonyl (C=O) groups excluding carboxylic acids is 3. The highest BCUT2D eigenvalue weighted by Crippen LogP contribution is 2.34. The third kappa shape index (κ3) is 6.17. The monoisotopic (exact) mass is 499 g/mol. The third-order valence-electron chi connectivity index (χ3n) is 6.61. The number of carbonyl (C=O) groups is 3. The molecule has 0 radical (unpaired) electrons. The van der Waals surface area contributed by atoms with E-state index in [-0.39, 0.29) is 24.4 Å². The number of rotatable bonds is 8. The summed E-state index contributed by atoms with van der Waals surface area (Å²) in [6.45, 7) is 8.12. The maximum absolute atomic E-state index is 13.4. The van der Waals surface area contributed by atoms with Gasteiger partial charge in [0.25, 0.3) is 5.91 Å². The van der Waals surface area contributed by atoms with Crippen molar-refractivity contribution in [2.24, 2.45) is 0 Å². The van der Waals surface area contributed by atoms with E-state index >= 15 is 0 Å². The molecule has 192 valence electrons. The van der Waals surface area contributed by atoms with Crippen LogP contribution in [0.2, 0.25) is 0 Å². The Balaban J connectivity index is 1.55. The molecule has 3 aromatic rings. The Morgan fingerprint density at radius 1 is 0.973 bits per heavy atom. The van der Waals surface area contributed by atoms with Crippen molar-refractivity contribution in [1.82, 2.24) is 10.2 Å². The number of benzene rings is 3. The summed E-state index contributed by atoms with van der Waals surface area (Å²) in [5.41, 5.74) is 4.89. The van der Waals surface area contributed by atoms with Gasteiger partial charge in [0.2, 0.25) is 5.91 Å². The van der Waals surface area contributed by atoms with E-state index in [2.05, 4.69) is 10.6 Å². The maximum atomic E-state index is 13.4. The molecule has 1 aliphatic heterocycles. The average molecular weight is 500 g/mol. The first-order valence-corrected chi connectivity index (χ1v) is 12.6. The number of nitrogens with zero attached hydrogens (tertiary/aromatic N) is 1. The second kappa shape index (κ2) is 11.3. The van der Waals surface area contributed by atoms with Gasteiger partial charge >= 0.3 is 6.09 Å². The largest absolute Gasteiger partial charge is 0.438 e. The van der Waals surface area contributed by atoms with Crippen molar-refractivity contribution in [3.8, 4) is 0 Å². The minimum Gasteiger partial charge on any atom is -0.438 e. The lowest BCUT2D eigenvalue weighted by molar-refractivity contribution is -0.127. The van der Waals surface area contributed by atoms with Crippen LogP contribution in [0.15, 0.2) is 72.8 Å². The van der Waals surface area contributed by atoms with Crippen LogP contribution in [0, 0.1) is 13.8 Å². The van der Waals surface area contributed by atoms with Crippen LogP contribution in [-0.2, 0) is 16.1 Å². The van der Waals surface area contributed by atoms with E-state index in [1.165, 1.54) is 4.90 Å². The fourth-order valence-electron chi connectivity index (χ4n) is 4.28. The second-order valence-electron chi connectivity index (χ2n) is 9.63. The zero-order valence-corrected chi connectivity index (χ0v) is 21.7. The van der Waals surface area contributed by atoms with Crippen LogP contribution in [0.4, 0.5) is 10.5 Å². The predicted octanol–water partition coefficient (Wildman–Crippen LogP) is 5.53. The molecule has 1 fully saturated rings.